The molecule has 0 unspecified atom stereocenters. The van der Waals surface area contributed by atoms with E-state index in [0.29, 0.717) is 12.3 Å². The lowest BCUT2D eigenvalue weighted by Gasteiger charge is -2.16. The van der Waals surface area contributed by atoms with Crippen LogP contribution in [0, 0.1) is 0 Å². The number of phenols is 1. The molecule has 1 aliphatic rings. The van der Waals surface area contributed by atoms with Crippen molar-refractivity contribution in [2.75, 3.05) is 20.1 Å². The van der Waals surface area contributed by atoms with Crippen molar-refractivity contribution in [2.24, 2.45) is 0 Å². The zero-order chi connectivity index (χ0) is 13.9. The van der Waals surface area contributed by atoms with Gasteiger partial charge in [0.05, 0.1) is 0 Å². The number of rotatable bonds is 6. The lowest BCUT2D eigenvalue weighted by Crippen LogP contribution is -2.30. The van der Waals surface area contributed by atoms with Crippen LogP contribution in [0.2, 0.25) is 0 Å². The number of nitrogens with one attached hydrogen (secondary N) is 1. The summed E-state index contributed by atoms with van der Waals surface area (Å²) in [6.45, 7) is 2.73. The van der Waals surface area contributed by atoms with Crippen LogP contribution < -0.4 is 5.32 Å². The van der Waals surface area contributed by atoms with Gasteiger partial charge < -0.3 is 15.3 Å². The summed E-state index contributed by atoms with van der Waals surface area (Å²) in [4.78, 5) is 2.41. The van der Waals surface area contributed by atoms with Crippen molar-refractivity contribution in [3.05, 3.63) is 42.0 Å². The maximum atomic E-state index is 10.1. The standard InChI is InChI=1S/C17H22N2O/c1-19(14-7-8-14)11-10-18-12-16-15-5-3-2-4-13(15)6-9-17(16)20/h2-6,9,14,18,20H,7-8,10-12H2,1H3. The van der Waals surface area contributed by atoms with Gasteiger partial charge in [-0.3, -0.25) is 0 Å². The predicted octanol–water partition coefficient (Wildman–Crippen LogP) is 2.73. The van der Waals surface area contributed by atoms with Crippen LogP contribution in [0.3, 0.4) is 0 Å². The molecule has 0 saturated heterocycles. The minimum Gasteiger partial charge on any atom is -0.508 e. The second-order valence-electron chi connectivity index (χ2n) is 5.67. The van der Waals surface area contributed by atoms with Crippen molar-refractivity contribution in [1.82, 2.24) is 10.2 Å². The lowest BCUT2D eigenvalue weighted by molar-refractivity contribution is 0.321. The van der Waals surface area contributed by atoms with E-state index in [0.717, 1.165) is 30.1 Å². The van der Waals surface area contributed by atoms with Crippen LogP contribution in [-0.4, -0.2) is 36.2 Å². The van der Waals surface area contributed by atoms with Crippen LogP contribution in [0.4, 0.5) is 0 Å². The molecule has 1 fully saturated rings. The number of fused-ring (bicyclic) bond motifs is 1. The Hall–Kier alpha value is -1.58. The van der Waals surface area contributed by atoms with Crippen molar-refractivity contribution in [3.63, 3.8) is 0 Å². The molecule has 2 N–H and O–H groups in total. The second-order valence-corrected chi connectivity index (χ2v) is 5.67. The van der Waals surface area contributed by atoms with Gasteiger partial charge in [0.25, 0.3) is 0 Å². The summed E-state index contributed by atoms with van der Waals surface area (Å²) in [6.07, 6.45) is 2.70. The van der Waals surface area contributed by atoms with E-state index in [2.05, 4.69) is 29.4 Å². The molecule has 0 heterocycles. The molecule has 3 rings (SSSR count). The largest absolute Gasteiger partial charge is 0.508 e. The molecule has 106 valence electrons. The molecule has 0 radical (unpaired) electrons. The van der Waals surface area contributed by atoms with Crippen LogP contribution in [0.1, 0.15) is 18.4 Å². The Morgan fingerprint density at radius 2 is 2.00 bits per heavy atom. The molecule has 3 nitrogen and oxygen atoms in total. The summed E-state index contributed by atoms with van der Waals surface area (Å²) < 4.78 is 0. The van der Waals surface area contributed by atoms with Crippen LogP contribution in [0.15, 0.2) is 36.4 Å². The molecule has 2 aromatic carbocycles. The molecule has 1 saturated carbocycles. The first kappa shape index (κ1) is 13.4. The van der Waals surface area contributed by atoms with E-state index in [1.165, 1.54) is 18.2 Å². The van der Waals surface area contributed by atoms with Crippen LogP contribution in [-0.2, 0) is 6.54 Å². The number of benzene rings is 2. The topological polar surface area (TPSA) is 35.5 Å². The Labute approximate surface area is 120 Å². The highest BCUT2D eigenvalue weighted by molar-refractivity contribution is 5.87. The van der Waals surface area contributed by atoms with Crippen molar-refractivity contribution in [2.45, 2.75) is 25.4 Å². The van der Waals surface area contributed by atoms with Crippen molar-refractivity contribution in [1.29, 1.82) is 0 Å². The molecular weight excluding hydrogens is 248 g/mol. The van der Waals surface area contributed by atoms with Gasteiger partial charge in [-0.2, -0.15) is 0 Å². The van der Waals surface area contributed by atoms with Gasteiger partial charge in [0.2, 0.25) is 0 Å². The van der Waals surface area contributed by atoms with Gasteiger partial charge in [-0.05, 0) is 36.7 Å². The van der Waals surface area contributed by atoms with Gasteiger partial charge in [-0.1, -0.05) is 30.3 Å². The van der Waals surface area contributed by atoms with E-state index < -0.39 is 0 Å². The van der Waals surface area contributed by atoms with Gasteiger partial charge >= 0.3 is 0 Å². The number of nitrogens with zero attached hydrogens (tertiary/aromatic N) is 1. The van der Waals surface area contributed by atoms with Crippen molar-refractivity contribution < 1.29 is 5.11 Å². The van der Waals surface area contributed by atoms with E-state index in [4.69, 9.17) is 0 Å². The molecule has 0 atom stereocenters. The first-order chi connectivity index (χ1) is 9.75. The van der Waals surface area contributed by atoms with Crippen LogP contribution >= 0.6 is 0 Å². The second kappa shape index (κ2) is 5.81. The van der Waals surface area contributed by atoms with E-state index in [1.54, 1.807) is 6.07 Å². The number of likely N-dealkylation sites (N-methyl/N-ethyl adjacent to an activating group) is 1. The molecule has 0 amide bonds. The maximum Gasteiger partial charge on any atom is 0.120 e. The summed E-state index contributed by atoms with van der Waals surface area (Å²) in [5, 5.41) is 15.8. The quantitative estimate of drug-likeness (QED) is 0.792. The summed E-state index contributed by atoms with van der Waals surface area (Å²) in [6, 6.07) is 12.8. The number of hydrogen-bond donors (Lipinski definition) is 2. The maximum absolute atomic E-state index is 10.1. The zero-order valence-electron chi connectivity index (χ0n) is 12.0. The lowest BCUT2D eigenvalue weighted by atomic mass is 10.0. The number of hydrogen-bond acceptors (Lipinski definition) is 3. The van der Waals surface area contributed by atoms with Gasteiger partial charge in [0.1, 0.15) is 5.75 Å². The van der Waals surface area contributed by atoms with Gasteiger partial charge in [-0.15, -0.1) is 0 Å². The summed E-state index contributed by atoms with van der Waals surface area (Å²) in [5.74, 6) is 0.381. The fraction of sp³-hybridized carbons (Fsp3) is 0.412. The number of phenolic OH excluding ortho intramolecular Hbond substituents is 1. The Kier molecular flexibility index (Phi) is 3.90. The molecule has 0 aliphatic heterocycles. The normalized spacial score (nSPS) is 15.1. The minimum absolute atomic E-state index is 0.381. The molecule has 0 spiro atoms. The fourth-order valence-electron chi connectivity index (χ4n) is 2.68. The molecule has 1 aliphatic carbocycles. The Bertz CT molecular complexity index is 593. The number of aromatic hydroxyl groups is 1. The fourth-order valence-corrected chi connectivity index (χ4v) is 2.68. The first-order valence-corrected chi connectivity index (χ1v) is 7.36. The summed E-state index contributed by atoms with van der Waals surface area (Å²) >= 11 is 0. The van der Waals surface area contributed by atoms with Crippen molar-refractivity contribution >= 4 is 10.8 Å². The third-order valence-corrected chi connectivity index (χ3v) is 4.13. The van der Waals surface area contributed by atoms with Gasteiger partial charge in [-0.25, -0.2) is 0 Å². The molecular formula is C17H22N2O. The smallest absolute Gasteiger partial charge is 0.120 e. The Morgan fingerprint density at radius 1 is 1.20 bits per heavy atom. The summed E-state index contributed by atoms with van der Waals surface area (Å²) in [7, 11) is 2.19. The highest BCUT2D eigenvalue weighted by Gasteiger charge is 2.25. The molecule has 0 bridgehead atoms. The molecule has 2 aromatic rings. The zero-order valence-corrected chi connectivity index (χ0v) is 12.0. The highest BCUT2D eigenvalue weighted by Crippen LogP contribution is 2.27. The highest BCUT2D eigenvalue weighted by atomic mass is 16.3. The van der Waals surface area contributed by atoms with Gasteiger partial charge in [0.15, 0.2) is 0 Å². The minimum atomic E-state index is 0.381. The average Bonchev–Trinajstić information content (AvgIpc) is 3.30. The van der Waals surface area contributed by atoms with E-state index in [-0.39, 0.29) is 0 Å². The third kappa shape index (κ3) is 2.94. The van der Waals surface area contributed by atoms with Crippen molar-refractivity contribution in [3.8, 4) is 5.75 Å². The van der Waals surface area contributed by atoms with Crippen LogP contribution in [0.5, 0.6) is 5.75 Å². The SMILES string of the molecule is CN(CCNCc1c(O)ccc2ccccc12)C1CC1. The molecule has 0 aromatic heterocycles. The Balaban J connectivity index is 1.63. The molecule has 3 heteroatoms. The molecule has 20 heavy (non-hydrogen) atoms. The van der Waals surface area contributed by atoms with Gasteiger partial charge in [0, 0.05) is 31.2 Å². The van der Waals surface area contributed by atoms with E-state index in [9.17, 15) is 5.11 Å². The Morgan fingerprint density at radius 3 is 2.80 bits per heavy atom. The average molecular weight is 270 g/mol. The summed E-state index contributed by atoms with van der Waals surface area (Å²) in [5.41, 5.74) is 0.997. The third-order valence-electron chi connectivity index (χ3n) is 4.13. The first-order valence-electron chi connectivity index (χ1n) is 7.36. The van der Waals surface area contributed by atoms with E-state index in [1.807, 2.05) is 18.2 Å². The predicted molar refractivity (Wildman–Crippen MR) is 83.0 cm³/mol. The van der Waals surface area contributed by atoms with Crippen LogP contribution in [0.25, 0.3) is 10.8 Å². The van der Waals surface area contributed by atoms with E-state index >= 15 is 0 Å². The monoisotopic (exact) mass is 270 g/mol.